The summed E-state index contributed by atoms with van der Waals surface area (Å²) in [5.74, 6) is -0.518. The van der Waals surface area contributed by atoms with E-state index in [1.807, 2.05) is 13.0 Å². The van der Waals surface area contributed by atoms with E-state index in [9.17, 15) is 19.8 Å². The van der Waals surface area contributed by atoms with Crippen LogP contribution < -0.4 is 0 Å². The van der Waals surface area contributed by atoms with Crippen LogP contribution in [0.25, 0.3) is 0 Å². The number of aliphatic hydroxyl groups excluding tert-OH is 1. The van der Waals surface area contributed by atoms with Gasteiger partial charge in [-0.1, -0.05) is 19.9 Å². The zero-order chi connectivity index (χ0) is 15.0. The molecule has 0 unspecified atom stereocenters. The van der Waals surface area contributed by atoms with Crippen LogP contribution in [0, 0.1) is 22.7 Å². The minimum Gasteiger partial charge on any atom is -0.481 e. The van der Waals surface area contributed by atoms with E-state index in [0.717, 1.165) is 37.5 Å². The summed E-state index contributed by atoms with van der Waals surface area (Å²) < 4.78 is 0. The van der Waals surface area contributed by atoms with Crippen molar-refractivity contribution in [3.05, 3.63) is 11.6 Å². The molecule has 0 spiro atoms. The summed E-state index contributed by atoms with van der Waals surface area (Å²) in [6, 6.07) is 0. The van der Waals surface area contributed by atoms with Crippen LogP contribution >= 0.6 is 0 Å². The molecule has 0 amide bonds. The van der Waals surface area contributed by atoms with Gasteiger partial charge in [-0.2, -0.15) is 0 Å². The number of fused-ring (bicyclic) bond motifs is 1. The maximum Gasteiger partial charge on any atom is 0.303 e. The first kappa shape index (κ1) is 15.2. The van der Waals surface area contributed by atoms with Crippen LogP contribution in [0.5, 0.6) is 0 Å². The van der Waals surface area contributed by atoms with Crippen molar-refractivity contribution in [2.24, 2.45) is 22.7 Å². The smallest absolute Gasteiger partial charge is 0.303 e. The first-order valence-electron chi connectivity index (χ1n) is 7.39. The molecule has 1 fully saturated rings. The molecule has 0 aliphatic heterocycles. The van der Waals surface area contributed by atoms with Gasteiger partial charge in [0.05, 0.1) is 18.4 Å². The number of hydrogen-bond donors (Lipinski definition) is 2. The van der Waals surface area contributed by atoms with Crippen LogP contribution in [0.15, 0.2) is 11.6 Å². The van der Waals surface area contributed by atoms with Gasteiger partial charge in [0.15, 0.2) is 0 Å². The number of carbonyl (C=O) groups is 2. The average molecular weight is 280 g/mol. The van der Waals surface area contributed by atoms with Crippen LogP contribution in [0.2, 0.25) is 0 Å². The molecule has 0 radical (unpaired) electrons. The molecule has 0 aromatic carbocycles. The first-order chi connectivity index (χ1) is 9.40. The molecule has 2 rings (SSSR count). The van der Waals surface area contributed by atoms with Crippen molar-refractivity contribution in [1.82, 2.24) is 0 Å². The number of aliphatic hydroxyl groups is 1. The van der Waals surface area contributed by atoms with Gasteiger partial charge in [0.25, 0.3) is 0 Å². The number of hydrogen-bond acceptors (Lipinski definition) is 3. The minimum absolute atomic E-state index is 0.0134. The number of aldehydes is 1. The summed E-state index contributed by atoms with van der Waals surface area (Å²) in [5, 5.41) is 18.9. The standard InChI is InChI=1S/C16H24O4/c1-11-6-7-16(10-18)12(9-17)4-3-5-13(16)15(11,2)8-14(19)20/h4,10-11,13,17H,3,5-9H2,1-2H3,(H,19,20)/t11-,13-,15+,16-/m1/s1. The Morgan fingerprint density at radius 1 is 1.50 bits per heavy atom. The Kier molecular flexibility index (Phi) is 4.05. The van der Waals surface area contributed by atoms with Gasteiger partial charge in [-0.25, -0.2) is 0 Å². The maximum absolute atomic E-state index is 11.9. The highest BCUT2D eigenvalue weighted by Gasteiger charge is 2.56. The van der Waals surface area contributed by atoms with E-state index in [-0.39, 0.29) is 30.3 Å². The molecule has 0 bridgehead atoms. The van der Waals surface area contributed by atoms with Gasteiger partial charge in [0, 0.05) is 0 Å². The lowest BCUT2D eigenvalue weighted by Gasteiger charge is -2.56. The molecule has 2 N–H and O–H groups in total. The van der Waals surface area contributed by atoms with Crippen molar-refractivity contribution >= 4 is 12.3 Å². The fourth-order valence-corrected chi connectivity index (χ4v) is 4.53. The summed E-state index contributed by atoms with van der Waals surface area (Å²) in [6.07, 6.45) is 6.24. The molecule has 0 aromatic rings. The highest BCUT2D eigenvalue weighted by Crippen LogP contribution is 2.60. The van der Waals surface area contributed by atoms with Crippen LogP contribution in [-0.4, -0.2) is 29.1 Å². The number of rotatable bonds is 4. The van der Waals surface area contributed by atoms with E-state index in [1.54, 1.807) is 0 Å². The Bertz CT molecular complexity index is 442. The lowest BCUT2D eigenvalue weighted by atomic mass is 9.47. The third-order valence-corrected chi connectivity index (χ3v) is 5.89. The lowest BCUT2D eigenvalue weighted by molar-refractivity contribution is -0.149. The molecule has 20 heavy (non-hydrogen) atoms. The third kappa shape index (κ3) is 2.10. The summed E-state index contributed by atoms with van der Waals surface area (Å²) in [6.45, 7) is 4.00. The van der Waals surface area contributed by atoms with Gasteiger partial charge >= 0.3 is 5.97 Å². The van der Waals surface area contributed by atoms with Crippen LogP contribution in [-0.2, 0) is 9.59 Å². The predicted octanol–water partition coefficient (Wildman–Crippen LogP) is 2.41. The van der Waals surface area contributed by atoms with Crippen molar-refractivity contribution in [3.63, 3.8) is 0 Å². The van der Waals surface area contributed by atoms with Crippen LogP contribution in [0.3, 0.4) is 0 Å². The number of carboxylic acids is 1. The van der Waals surface area contributed by atoms with Gasteiger partial charge in [0.2, 0.25) is 0 Å². The van der Waals surface area contributed by atoms with E-state index in [0.29, 0.717) is 0 Å². The zero-order valence-corrected chi connectivity index (χ0v) is 12.3. The zero-order valence-electron chi connectivity index (χ0n) is 12.3. The minimum atomic E-state index is -0.804. The Balaban J connectivity index is 2.48. The molecule has 0 saturated heterocycles. The van der Waals surface area contributed by atoms with E-state index < -0.39 is 11.4 Å². The van der Waals surface area contributed by atoms with Gasteiger partial charge < -0.3 is 15.0 Å². The van der Waals surface area contributed by atoms with Crippen molar-refractivity contribution in [2.75, 3.05) is 6.61 Å². The highest BCUT2D eigenvalue weighted by atomic mass is 16.4. The molecule has 2 aliphatic rings. The van der Waals surface area contributed by atoms with Crippen molar-refractivity contribution in [2.45, 2.75) is 46.0 Å². The Morgan fingerprint density at radius 2 is 2.20 bits per heavy atom. The molecular weight excluding hydrogens is 256 g/mol. The number of carbonyl (C=O) groups excluding carboxylic acids is 1. The Morgan fingerprint density at radius 3 is 2.75 bits per heavy atom. The summed E-state index contributed by atoms with van der Waals surface area (Å²) in [5.41, 5.74) is -0.240. The second kappa shape index (κ2) is 5.32. The fourth-order valence-electron chi connectivity index (χ4n) is 4.53. The summed E-state index contributed by atoms with van der Waals surface area (Å²) in [4.78, 5) is 23.2. The van der Waals surface area contributed by atoms with E-state index >= 15 is 0 Å². The molecule has 2 aliphatic carbocycles. The van der Waals surface area contributed by atoms with Crippen molar-refractivity contribution in [1.29, 1.82) is 0 Å². The molecular formula is C16H24O4. The van der Waals surface area contributed by atoms with Gasteiger partial charge in [-0.05, 0) is 48.5 Å². The summed E-state index contributed by atoms with van der Waals surface area (Å²) in [7, 11) is 0. The molecule has 4 atom stereocenters. The van der Waals surface area contributed by atoms with Crippen molar-refractivity contribution in [3.8, 4) is 0 Å². The van der Waals surface area contributed by atoms with Crippen LogP contribution in [0.4, 0.5) is 0 Å². The fraction of sp³-hybridized carbons (Fsp3) is 0.750. The van der Waals surface area contributed by atoms with Gasteiger partial charge in [-0.3, -0.25) is 4.79 Å². The molecule has 4 heteroatoms. The van der Waals surface area contributed by atoms with E-state index in [1.165, 1.54) is 0 Å². The normalized spacial score (nSPS) is 40.6. The monoisotopic (exact) mass is 280 g/mol. The maximum atomic E-state index is 11.9. The number of carboxylic acid groups (broad SMARTS) is 1. The average Bonchev–Trinajstić information content (AvgIpc) is 2.42. The molecule has 4 nitrogen and oxygen atoms in total. The Hall–Kier alpha value is -1.16. The second-order valence-electron chi connectivity index (χ2n) is 6.69. The van der Waals surface area contributed by atoms with Crippen LogP contribution in [0.1, 0.15) is 46.0 Å². The van der Waals surface area contributed by atoms with Crippen molar-refractivity contribution < 1.29 is 19.8 Å². The van der Waals surface area contributed by atoms with Gasteiger partial charge in [-0.15, -0.1) is 0 Å². The largest absolute Gasteiger partial charge is 0.481 e. The lowest BCUT2D eigenvalue weighted by Crippen LogP contribution is -2.53. The topological polar surface area (TPSA) is 74.6 Å². The van der Waals surface area contributed by atoms with E-state index in [4.69, 9.17) is 0 Å². The second-order valence-corrected chi connectivity index (χ2v) is 6.69. The third-order valence-electron chi connectivity index (χ3n) is 5.89. The SMILES string of the molecule is C[C@@H]1CC[C@@]2(C=O)C(CO)=CCC[C@@H]2[C@@]1(C)CC(=O)O. The molecule has 0 aromatic heterocycles. The Labute approximate surface area is 119 Å². The van der Waals surface area contributed by atoms with E-state index in [2.05, 4.69) is 6.92 Å². The molecule has 1 saturated carbocycles. The quantitative estimate of drug-likeness (QED) is 0.612. The molecule has 0 heterocycles. The molecule has 112 valence electrons. The number of allylic oxidation sites excluding steroid dienone is 1. The predicted molar refractivity (Wildman–Crippen MR) is 75.1 cm³/mol. The number of aliphatic carboxylic acids is 1. The van der Waals surface area contributed by atoms with Gasteiger partial charge in [0.1, 0.15) is 6.29 Å². The highest BCUT2D eigenvalue weighted by molar-refractivity contribution is 5.70. The summed E-state index contributed by atoms with van der Waals surface area (Å²) >= 11 is 0. The first-order valence-corrected chi connectivity index (χ1v) is 7.39.